The Morgan fingerprint density at radius 1 is 1.37 bits per heavy atom. The van der Waals surface area contributed by atoms with Crippen LogP contribution in [-0.4, -0.2) is 41.0 Å². The van der Waals surface area contributed by atoms with Crippen molar-refractivity contribution in [2.45, 2.75) is 32.9 Å². The monoisotopic (exact) mass is 305 g/mol. The van der Waals surface area contributed by atoms with E-state index >= 15 is 0 Å². The molecule has 1 N–H and O–H groups in total. The second-order valence-corrected chi connectivity index (χ2v) is 4.80. The summed E-state index contributed by atoms with van der Waals surface area (Å²) >= 11 is 0. The summed E-state index contributed by atoms with van der Waals surface area (Å²) in [6.45, 7) is 7.70. The normalized spacial score (nSPS) is 22.2. The van der Waals surface area contributed by atoms with E-state index in [0.717, 1.165) is 18.8 Å². The summed E-state index contributed by atoms with van der Waals surface area (Å²) in [5, 5.41) is 3.37. The van der Waals surface area contributed by atoms with E-state index in [1.807, 2.05) is 24.0 Å². The number of pyridine rings is 1. The molecular weight excluding hydrogens is 285 g/mol. The van der Waals surface area contributed by atoms with Crippen LogP contribution in [0.3, 0.4) is 0 Å². The van der Waals surface area contributed by atoms with Crippen LogP contribution in [-0.2, 0) is 0 Å². The van der Waals surface area contributed by atoms with Gasteiger partial charge in [0, 0.05) is 37.1 Å². The fourth-order valence-electron chi connectivity index (χ4n) is 2.06. The first kappa shape index (κ1) is 18.2. The van der Waals surface area contributed by atoms with Crippen molar-refractivity contribution in [2.75, 3.05) is 13.1 Å². The van der Waals surface area contributed by atoms with Gasteiger partial charge in [-0.15, -0.1) is 24.8 Å². The van der Waals surface area contributed by atoms with Crippen molar-refractivity contribution in [3.8, 4) is 0 Å². The van der Waals surface area contributed by atoms with Gasteiger partial charge in [-0.1, -0.05) is 0 Å². The summed E-state index contributed by atoms with van der Waals surface area (Å²) in [4.78, 5) is 18.4. The first-order valence-corrected chi connectivity index (χ1v) is 6.05. The molecule has 6 heteroatoms. The lowest BCUT2D eigenvalue weighted by Gasteiger charge is -2.37. The molecule has 2 rings (SSSR count). The zero-order valence-electron chi connectivity index (χ0n) is 11.4. The van der Waals surface area contributed by atoms with E-state index in [1.165, 1.54) is 0 Å². The number of hydrogen-bond donors (Lipinski definition) is 1. The molecule has 2 atom stereocenters. The summed E-state index contributed by atoms with van der Waals surface area (Å²) in [6.07, 6.45) is 1.66. The van der Waals surface area contributed by atoms with E-state index in [2.05, 4.69) is 24.1 Å². The molecule has 1 saturated heterocycles. The van der Waals surface area contributed by atoms with Gasteiger partial charge in [0.05, 0.1) is 5.56 Å². The Balaban J connectivity index is 0.00000162. The molecule has 0 bridgehead atoms. The summed E-state index contributed by atoms with van der Waals surface area (Å²) in [6, 6.07) is 4.32. The highest BCUT2D eigenvalue weighted by Gasteiger charge is 2.27. The first-order chi connectivity index (χ1) is 8.08. The van der Waals surface area contributed by atoms with Gasteiger partial charge >= 0.3 is 0 Å². The van der Waals surface area contributed by atoms with Gasteiger partial charge in [0.25, 0.3) is 5.91 Å². The number of hydrogen-bond acceptors (Lipinski definition) is 3. The number of nitrogens with one attached hydrogen (secondary N) is 1. The van der Waals surface area contributed by atoms with Gasteiger partial charge in [-0.05, 0) is 32.9 Å². The van der Waals surface area contributed by atoms with E-state index in [9.17, 15) is 4.79 Å². The van der Waals surface area contributed by atoms with Gasteiger partial charge < -0.3 is 10.2 Å². The zero-order chi connectivity index (χ0) is 12.4. The second-order valence-electron chi connectivity index (χ2n) is 4.80. The molecule has 1 aromatic heterocycles. The van der Waals surface area contributed by atoms with Crippen LogP contribution in [0.15, 0.2) is 18.3 Å². The fraction of sp³-hybridized carbons (Fsp3) is 0.538. The van der Waals surface area contributed by atoms with Crippen molar-refractivity contribution < 1.29 is 4.79 Å². The van der Waals surface area contributed by atoms with Gasteiger partial charge in [0.2, 0.25) is 0 Å². The number of aryl methyl sites for hydroxylation is 1. The smallest absolute Gasteiger partial charge is 0.255 e. The molecule has 0 spiro atoms. The third-order valence-corrected chi connectivity index (χ3v) is 3.18. The highest BCUT2D eigenvalue weighted by Crippen LogP contribution is 2.12. The molecule has 108 valence electrons. The highest BCUT2D eigenvalue weighted by molar-refractivity contribution is 5.94. The minimum Gasteiger partial charge on any atom is -0.333 e. The second kappa shape index (κ2) is 7.68. The maximum Gasteiger partial charge on any atom is 0.255 e. The van der Waals surface area contributed by atoms with Gasteiger partial charge in [-0.25, -0.2) is 0 Å². The number of rotatable bonds is 1. The van der Waals surface area contributed by atoms with Crippen molar-refractivity contribution in [1.29, 1.82) is 0 Å². The average molecular weight is 306 g/mol. The topological polar surface area (TPSA) is 45.2 Å². The number of halogens is 2. The predicted molar refractivity (Wildman–Crippen MR) is 81.4 cm³/mol. The Bertz CT molecular complexity index is 411. The minimum atomic E-state index is 0. The average Bonchev–Trinajstić information content (AvgIpc) is 2.32. The number of amides is 1. The molecule has 1 aliphatic rings. The van der Waals surface area contributed by atoms with E-state index in [1.54, 1.807) is 6.20 Å². The fourth-order valence-corrected chi connectivity index (χ4v) is 2.06. The van der Waals surface area contributed by atoms with Crippen LogP contribution < -0.4 is 5.32 Å². The van der Waals surface area contributed by atoms with Crippen molar-refractivity contribution in [3.05, 3.63) is 29.6 Å². The third kappa shape index (κ3) is 4.34. The number of piperazine rings is 1. The number of carbonyl (C=O) groups excluding carboxylic acids is 1. The maximum atomic E-state index is 12.3. The summed E-state index contributed by atoms with van der Waals surface area (Å²) < 4.78 is 0. The van der Waals surface area contributed by atoms with Crippen LogP contribution in [0.2, 0.25) is 0 Å². The molecule has 2 unspecified atom stereocenters. The standard InChI is InChI=1S/C13H19N3O.2ClH/c1-9-4-5-12(7-15-9)13(17)16-8-10(2)14-6-11(16)3;;/h4-5,7,10-11,14H,6,8H2,1-3H3;2*1H. The van der Waals surface area contributed by atoms with Crippen LogP contribution in [0.5, 0.6) is 0 Å². The zero-order valence-corrected chi connectivity index (χ0v) is 13.1. The minimum absolute atomic E-state index is 0. The molecule has 0 radical (unpaired) electrons. The number of carbonyl (C=O) groups is 1. The number of aromatic nitrogens is 1. The van der Waals surface area contributed by atoms with Crippen LogP contribution in [0.25, 0.3) is 0 Å². The van der Waals surface area contributed by atoms with E-state index in [0.29, 0.717) is 11.6 Å². The molecule has 0 saturated carbocycles. The lowest BCUT2D eigenvalue weighted by atomic mass is 10.1. The number of nitrogens with zero attached hydrogens (tertiary/aromatic N) is 2. The first-order valence-electron chi connectivity index (χ1n) is 6.05. The molecule has 1 fully saturated rings. The van der Waals surface area contributed by atoms with Crippen molar-refractivity contribution in [3.63, 3.8) is 0 Å². The summed E-state index contributed by atoms with van der Waals surface area (Å²) in [7, 11) is 0. The lowest BCUT2D eigenvalue weighted by Crippen LogP contribution is -2.56. The Morgan fingerprint density at radius 2 is 2.05 bits per heavy atom. The van der Waals surface area contributed by atoms with E-state index in [4.69, 9.17) is 0 Å². The highest BCUT2D eigenvalue weighted by atomic mass is 35.5. The lowest BCUT2D eigenvalue weighted by molar-refractivity contribution is 0.0616. The molecule has 4 nitrogen and oxygen atoms in total. The molecule has 1 aromatic rings. The summed E-state index contributed by atoms with van der Waals surface area (Å²) in [5.74, 6) is 0.0818. The molecule has 2 heterocycles. The van der Waals surface area contributed by atoms with Crippen molar-refractivity contribution in [1.82, 2.24) is 15.2 Å². The third-order valence-electron chi connectivity index (χ3n) is 3.18. The largest absolute Gasteiger partial charge is 0.333 e. The quantitative estimate of drug-likeness (QED) is 0.864. The maximum absolute atomic E-state index is 12.3. The van der Waals surface area contributed by atoms with E-state index in [-0.39, 0.29) is 36.8 Å². The van der Waals surface area contributed by atoms with Crippen LogP contribution in [0.1, 0.15) is 29.9 Å². The Labute approximate surface area is 126 Å². The van der Waals surface area contributed by atoms with Gasteiger partial charge in [0.15, 0.2) is 0 Å². The van der Waals surface area contributed by atoms with Gasteiger partial charge in [0.1, 0.15) is 0 Å². The van der Waals surface area contributed by atoms with Crippen LogP contribution in [0.4, 0.5) is 0 Å². The molecule has 0 aliphatic carbocycles. The Hall–Kier alpha value is -0.840. The van der Waals surface area contributed by atoms with Crippen molar-refractivity contribution >= 4 is 30.7 Å². The molecule has 1 aliphatic heterocycles. The van der Waals surface area contributed by atoms with E-state index < -0.39 is 0 Å². The van der Waals surface area contributed by atoms with Crippen LogP contribution >= 0.6 is 24.8 Å². The molecular formula is C13H21Cl2N3O. The molecule has 0 aromatic carbocycles. The molecule has 1 amide bonds. The van der Waals surface area contributed by atoms with Crippen molar-refractivity contribution in [2.24, 2.45) is 0 Å². The SMILES string of the molecule is Cc1ccc(C(=O)N2CC(C)NCC2C)cn1.Cl.Cl. The Kier molecular flexibility index (Phi) is 7.34. The summed E-state index contributed by atoms with van der Waals surface area (Å²) in [5.41, 5.74) is 1.61. The van der Waals surface area contributed by atoms with Gasteiger partial charge in [-0.3, -0.25) is 9.78 Å². The molecule has 19 heavy (non-hydrogen) atoms. The predicted octanol–water partition coefficient (Wildman–Crippen LogP) is 2.06. The van der Waals surface area contributed by atoms with Gasteiger partial charge in [-0.2, -0.15) is 0 Å². The Morgan fingerprint density at radius 3 is 2.63 bits per heavy atom. The van der Waals surface area contributed by atoms with Crippen LogP contribution in [0, 0.1) is 6.92 Å².